The van der Waals surface area contributed by atoms with E-state index in [-0.39, 0.29) is 17.6 Å². The van der Waals surface area contributed by atoms with Crippen LogP contribution in [0.4, 0.5) is 0 Å². The van der Waals surface area contributed by atoms with E-state index in [9.17, 15) is 9.59 Å². The quantitative estimate of drug-likeness (QED) is 0.372. The van der Waals surface area contributed by atoms with Gasteiger partial charge in [0.25, 0.3) is 0 Å². The minimum Gasteiger partial charge on any atom is -0.354 e. The molecule has 1 unspecified atom stereocenters. The molecule has 168 valence electrons. The van der Waals surface area contributed by atoms with E-state index in [1.807, 2.05) is 18.2 Å². The van der Waals surface area contributed by atoms with Crippen molar-refractivity contribution in [2.24, 2.45) is 0 Å². The number of unbranched alkanes of at least 4 members (excludes halogenated alkanes) is 1. The molecule has 4 nitrogen and oxygen atoms in total. The van der Waals surface area contributed by atoms with Gasteiger partial charge in [-0.1, -0.05) is 66.3 Å². The first kappa shape index (κ1) is 25.9. The number of rotatable bonds is 11. The normalized spacial score (nSPS) is 11.8. The fourth-order valence-corrected chi connectivity index (χ4v) is 4.47. The molecule has 0 saturated heterocycles. The summed E-state index contributed by atoms with van der Waals surface area (Å²) in [6, 6.07) is 12.0. The fraction of sp³-hybridized carbons (Fsp3) is 0.391. The van der Waals surface area contributed by atoms with Gasteiger partial charge in [-0.2, -0.15) is 0 Å². The lowest BCUT2D eigenvalue weighted by molar-refractivity contribution is -0.138. The standard InChI is InChI=1S/C23H27Cl3N2O2S/c1-3-4-11-27-23(30)16(2)28(13-17-5-8-19(24)9-6-17)22(29)15-31-14-18-7-10-20(25)12-21(18)26/h5-10,12,16H,3-4,11,13-15H2,1-2H3,(H,27,30). The molecule has 2 amide bonds. The highest BCUT2D eigenvalue weighted by molar-refractivity contribution is 7.99. The average Bonchev–Trinajstić information content (AvgIpc) is 2.74. The van der Waals surface area contributed by atoms with Crippen LogP contribution in [0.2, 0.25) is 15.1 Å². The Morgan fingerprint density at radius 3 is 2.39 bits per heavy atom. The van der Waals surface area contributed by atoms with Crippen LogP contribution in [0.1, 0.15) is 37.8 Å². The van der Waals surface area contributed by atoms with Crippen molar-refractivity contribution in [1.29, 1.82) is 0 Å². The Kier molecular flexibility index (Phi) is 11.0. The lowest BCUT2D eigenvalue weighted by atomic mass is 10.1. The molecule has 0 bridgehead atoms. The molecule has 0 aromatic heterocycles. The summed E-state index contributed by atoms with van der Waals surface area (Å²) in [5.41, 5.74) is 1.83. The van der Waals surface area contributed by atoms with Gasteiger partial charge in [-0.25, -0.2) is 0 Å². The highest BCUT2D eigenvalue weighted by Gasteiger charge is 2.25. The number of thioether (sulfide) groups is 1. The topological polar surface area (TPSA) is 49.4 Å². The molecule has 2 aromatic carbocycles. The molecule has 1 atom stereocenters. The first-order chi connectivity index (χ1) is 14.8. The van der Waals surface area contributed by atoms with Crippen LogP contribution < -0.4 is 5.32 Å². The Labute approximate surface area is 203 Å². The van der Waals surface area contributed by atoms with E-state index in [1.165, 1.54) is 11.8 Å². The summed E-state index contributed by atoms with van der Waals surface area (Å²) in [6.07, 6.45) is 1.90. The van der Waals surface area contributed by atoms with Crippen molar-refractivity contribution in [3.05, 3.63) is 68.7 Å². The summed E-state index contributed by atoms with van der Waals surface area (Å²) in [6.45, 7) is 4.76. The summed E-state index contributed by atoms with van der Waals surface area (Å²) in [5, 5.41) is 4.70. The number of carbonyl (C=O) groups is 2. The Hall–Kier alpha value is -1.40. The number of nitrogens with zero attached hydrogens (tertiary/aromatic N) is 1. The van der Waals surface area contributed by atoms with Crippen LogP contribution in [-0.2, 0) is 21.9 Å². The summed E-state index contributed by atoms with van der Waals surface area (Å²) in [4.78, 5) is 27.3. The van der Waals surface area contributed by atoms with Crippen LogP contribution in [0.15, 0.2) is 42.5 Å². The molecule has 2 rings (SSSR count). The zero-order chi connectivity index (χ0) is 22.8. The predicted octanol–water partition coefficient (Wildman–Crippen LogP) is 6.21. The lowest BCUT2D eigenvalue weighted by Crippen LogP contribution is -2.48. The van der Waals surface area contributed by atoms with Gasteiger partial charge in [-0.15, -0.1) is 11.8 Å². The van der Waals surface area contributed by atoms with E-state index in [0.717, 1.165) is 24.0 Å². The molecular formula is C23H27Cl3N2O2S. The van der Waals surface area contributed by atoms with E-state index in [2.05, 4.69) is 12.2 Å². The van der Waals surface area contributed by atoms with Gasteiger partial charge in [0.1, 0.15) is 6.04 Å². The summed E-state index contributed by atoms with van der Waals surface area (Å²) >= 11 is 19.6. The minimum atomic E-state index is -0.584. The van der Waals surface area contributed by atoms with Gasteiger partial charge in [0.05, 0.1) is 5.75 Å². The first-order valence-corrected chi connectivity index (χ1v) is 12.4. The van der Waals surface area contributed by atoms with Crippen LogP contribution in [0.25, 0.3) is 0 Å². The number of benzene rings is 2. The second-order valence-corrected chi connectivity index (χ2v) is 9.46. The second kappa shape index (κ2) is 13.2. The largest absolute Gasteiger partial charge is 0.354 e. The Bertz CT molecular complexity index is 878. The maximum absolute atomic E-state index is 13.1. The number of halogens is 3. The maximum atomic E-state index is 13.1. The molecule has 0 radical (unpaired) electrons. The molecule has 0 aliphatic heterocycles. The van der Waals surface area contributed by atoms with Crippen molar-refractivity contribution >= 4 is 58.4 Å². The van der Waals surface area contributed by atoms with E-state index < -0.39 is 6.04 Å². The number of hydrogen-bond acceptors (Lipinski definition) is 3. The van der Waals surface area contributed by atoms with Gasteiger partial charge in [0.15, 0.2) is 0 Å². The Balaban J connectivity index is 2.05. The molecule has 8 heteroatoms. The van der Waals surface area contributed by atoms with Gasteiger partial charge in [-0.3, -0.25) is 9.59 Å². The van der Waals surface area contributed by atoms with Crippen LogP contribution >= 0.6 is 46.6 Å². The maximum Gasteiger partial charge on any atom is 0.242 e. The highest BCUT2D eigenvalue weighted by Crippen LogP contribution is 2.25. The third kappa shape index (κ3) is 8.57. The van der Waals surface area contributed by atoms with Gasteiger partial charge >= 0.3 is 0 Å². The van der Waals surface area contributed by atoms with Gasteiger partial charge < -0.3 is 10.2 Å². The molecule has 2 aromatic rings. The van der Waals surface area contributed by atoms with Crippen molar-refractivity contribution in [2.45, 2.75) is 45.0 Å². The van der Waals surface area contributed by atoms with Crippen LogP contribution in [-0.4, -0.2) is 35.1 Å². The minimum absolute atomic E-state index is 0.108. The molecule has 0 spiro atoms. The van der Waals surface area contributed by atoms with Crippen molar-refractivity contribution in [3.8, 4) is 0 Å². The molecule has 31 heavy (non-hydrogen) atoms. The number of nitrogens with one attached hydrogen (secondary N) is 1. The van der Waals surface area contributed by atoms with Gasteiger partial charge in [-0.05, 0) is 48.7 Å². The Morgan fingerprint density at radius 2 is 1.74 bits per heavy atom. The van der Waals surface area contributed by atoms with Gasteiger partial charge in [0.2, 0.25) is 11.8 Å². The van der Waals surface area contributed by atoms with Crippen LogP contribution in [0, 0.1) is 0 Å². The molecule has 0 aliphatic rings. The van der Waals surface area contributed by atoms with E-state index in [4.69, 9.17) is 34.8 Å². The number of carbonyl (C=O) groups excluding carboxylic acids is 2. The van der Waals surface area contributed by atoms with Crippen molar-refractivity contribution in [2.75, 3.05) is 12.3 Å². The smallest absolute Gasteiger partial charge is 0.242 e. The molecule has 1 N–H and O–H groups in total. The van der Waals surface area contributed by atoms with Crippen molar-refractivity contribution in [1.82, 2.24) is 10.2 Å². The van der Waals surface area contributed by atoms with E-state index >= 15 is 0 Å². The lowest BCUT2D eigenvalue weighted by Gasteiger charge is -2.29. The van der Waals surface area contributed by atoms with Crippen LogP contribution in [0.3, 0.4) is 0 Å². The predicted molar refractivity (Wildman–Crippen MR) is 132 cm³/mol. The third-order valence-corrected chi connectivity index (χ3v) is 6.57. The zero-order valence-corrected chi connectivity index (χ0v) is 20.8. The van der Waals surface area contributed by atoms with Crippen LogP contribution in [0.5, 0.6) is 0 Å². The molecular weight excluding hydrogens is 475 g/mol. The molecule has 0 aliphatic carbocycles. The second-order valence-electron chi connectivity index (χ2n) is 7.20. The SMILES string of the molecule is CCCCNC(=O)C(C)N(Cc1ccc(Cl)cc1)C(=O)CSCc1ccc(Cl)cc1Cl. The molecule has 0 fully saturated rings. The number of amides is 2. The summed E-state index contributed by atoms with van der Waals surface area (Å²) < 4.78 is 0. The van der Waals surface area contributed by atoms with Crippen molar-refractivity contribution < 1.29 is 9.59 Å². The first-order valence-electron chi connectivity index (χ1n) is 10.1. The van der Waals surface area contributed by atoms with E-state index in [0.29, 0.717) is 33.9 Å². The Morgan fingerprint density at radius 1 is 1.06 bits per heavy atom. The monoisotopic (exact) mass is 500 g/mol. The number of hydrogen-bond donors (Lipinski definition) is 1. The average molecular weight is 502 g/mol. The molecule has 0 heterocycles. The third-order valence-electron chi connectivity index (χ3n) is 4.76. The molecule has 0 saturated carbocycles. The fourth-order valence-electron chi connectivity index (χ4n) is 2.88. The van der Waals surface area contributed by atoms with Crippen molar-refractivity contribution in [3.63, 3.8) is 0 Å². The highest BCUT2D eigenvalue weighted by atomic mass is 35.5. The van der Waals surface area contributed by atoms with E-state index in [1.54, 1.807) is 36.1 Å². The summed E-state index contributed by atoms with van der Waals surface area (Å²) in [5.74, 6) is 0.553. The zero-order valence-electron chi connectivity index (χ0n) is 17.7. The van der Waals surface area contributed by atoms with Gasteiger partial charge in [0, 0.05) is 33.9 Å². The summed E-state index contributed by atoms with van der Waals surface area (Å²) in [7, 11) is 0.